The van der Waals surface area contributed by atoms with Crippen molar-refractivity contribution < 1.29 is 28.0 Å². The van der Waals surface area contributed by atoms with Gasteiger partial charge >= 0.3 is 7.82 Å². The van der Waals surface area contributed by atoms with Gasteiger partial charge in [-0.15, -0.1) is 0 Å². The number of aromatic nitrogens is 3. The molecule has 0 spiro atoms. The van der Waals surface area contributed by atoms with Crippen molar-refractivity contribution in [2.24, 2.45) is 0 Å². The largest absolute Gasteiger partial charge is 0.472 e. The van der Waals surface area contributed by atoms with Gasteiger partial charge in [-0.3, -0.25) is 9.05 Å². The third-order valence-electron chi connectivity index (χ3n) is 8.00. The summed E-state index contributed by atoms with van der Waals surface area (Å²) in [6.45, 7) is 6.67. The summed E-state index contributed by atoms with van der Waals surface area (Å²) in [5.41, 5.74) is 7.50. The Morgan fingerprint density at radius 1 is 0.909 bits per heavy atom. The van der Waals surface area contributed by atoms with Crippen molar-refractivity contribution in [3.8, 4) is 6.57 Å². The first-order valence-corrected chi connectivity index (χ1v) is 18.2. The van der Waals surface area contributed by atoms with Crippen molar-refractivity contribution in [3.63, 3.8) is 0 Å². The van der Waals surface area contributed by atoms with Gasteiger partial charge in [0.05, 0.1) is 31.6 Å². The minimum Gasteiger partial charge on any atom is -0.382 e. The molecule has 1 saturated heterocycles. The van der Waals surface area contributed by atoms with Gasteiger partial charge < -0.3 is 20.1 Å². The fourth-order valence-electron chi connectivity index (χ4n) is 5.54. The Morgan fingerprint density at radius 2 is 1.50 bits per heavy atom. The van der Waals surface area contributed by atoms with E-state index < -0.39 is 7.82 Å². The molecule has 11 nitrogen and oxygen atoms in total. The normalized spacial score (nSPS) is 17.8. The van der Waals surface area contributed by atoms with Crippen LogP contribution in [-0.2, 0) is 23.1 Å². The first-order valence-electron chi connectivity index (χ1n) is 16.7. The Kier molecular flexibility index (Phi) is 20.2. The van der Waals surface area contributed by atoms with Gasteiger partial charge in [0.1, 0.15) is 17.9 Å². The van der Waals surface area contributed by atoms with Gasteiger partial charge in [-0.2, -0.15) is 5.10 Å². The van der Waals surface area contributed by atoms with Gasteiger partial charge in [0.25, 0.3) is 0 Å². The highest BCUT2D eigenvalue weighted by Gasteiger charge is 2.31. The molecule has 2 aromatic heterocycles. The van der Waals surface area contributed by atoms with Crippen LogP contribution in [0.1, 0.15) is 134 Å². The molecule has 3 heterocycles. The van der Waals surface area contributed by atoms with Gasteiger partial charge in [-0.25, -0.2) is 19.3 Å². The predicted octanol–water partition coefficient (Wildman–Crippen LogP) is 8.08. The van der Waals surface area contributed by atoms with E-state index in [4.69, 9.17) is 29.5 Å². The van der Waals surface area contributed by atoms with Crippen molar-refractivity contribution in [1.82, 2.24) is 14.6 Å². The molecule has 0 bridgehead atoms. The van der Waals surface area contributed by atoms with Crippen molar-refractivity contribution in [2.45, 2.75) is 135 Å². The van der Waals surface area contributed by atoms with Crippen molar-refractivity contribution >= 4 is 19.2 Å². The molecule has 3 rings (SSSR count). The number of phosphoric ester groups is 1. The molecule has 12 heteroatoms. The van der Waals surface area contributed by atoms with Crippen molar-refractivity contribution in [3.05, 3.63) is 24.2 Å². The number of nitrogens with two attached hydrogens (primary N) is 1. The maximum absolute atomic E-state index is 12.3. The minimum atomic E-state index is -4.17. The average Bonchev–Trinajstić information content (AvgIpc) is 3.68. The second kappa shape index (κ2) is 23.3. The second-order valence-electron chi connectivity index (χ2n) is 11.5. The zero-order valence-electron chi connectivity index (χ0n) is 26.8. The molecule has 0 aromatic carbocycles. The fraction of sp³-hybridized carbons (Fsp3) is 0.781. The van der Waals surface area contributed by atoms with Crippen LogP contribution in [0.15, 0.2) is 18.5 Å². The van der Waals surface area contributed by atoms with Gasteiger partial charge in [0.15, 0.2) is 5.82 Å². The number of ether oxygens (including phenoxy) is 2. The highest BCUT2D eigenvalue weighted by atomic mass is 31.2. The lowest BCUT2D eigenvalue weighted by molar-refractivity contribution is 0.00250. The van der Waals surface area contributed by atoms with E-state index in [1.807, 2.05) is 12.1 Å². The Bertz CT molecular complexity index is 1080. The molecule has 3 unspecified atom stereocenters. The lowest BCUT2D eigenvalue weighted by atomic mass is 10.0. The summed E-state index contributed by atoms with van der Waals surface area (Å²) < 4.78 is 35.8. The van der Waals surface area contributed by atoms with Crippen LogP contribution in [-0.4, -0.2) is 52.0 Å². The van der Waals surface area contributed by atoms with Gasteiger partial charge in [0.2, 0.25) is 0 Å². The molecule has 0 radical (unpaired) electrons. The smallest absolute Gasteiger partial charge is 0.382 e. The summed E-state index contributed by atoms with van der Waals surface area (Å²) in [6, 6.07) is 3.77. The highest BCUT2D eigenvalue weighted by molar-refractivity contribution is 7.47. The lowest BCUT2D eigenvalue weighted by Gasteiger charge is -2.16. The van der Waals surface area contributed by atoms with Crippen LogP contribution in [0, 0.1) is 11.8 Å². The molecule has 3 atom stereocenters. The number of nitrogens with zero attached hydrogens (tertiary/aromatic N) is 4. The van der Waals surface area contributed by atoms with E-state index in [0.717, 1.165) is 30.5 Å². The number of hydrogen-bond acceptors (Lipinski definition) is 9. The fourth-order valence-corrected chi connectivity index (χ4v) is 6.28. The van der Waals surface area contributed by atoms with E-state index in [1.165, 1.54) is 96.2 Å². The van der Waals surface area contributed by atoms with Crippen LogP contribution >= 0.6 is 7.82 Å². The Hall–Kier alpha value is -2.06. The number of hydrogen-bond donors (Lipinski definition) is 2. The molecule has 1 aliphatic rings. The second-order valence-corrected chi connectivity index (χ2v) is 13.0. The first-order chi connectivity index (χ1) is 21.5. The molecule has 0 aliphatic carbocycles. The van der Waals surface area contributed by atoms with Crippen molar-refractivity contribution in [1.29, 1.82) is 5.26 Å². The van der Waals surface area contributed by atoms with Gasteiger partial charge in [-0.1, -0.05) is 103 Å². The van der Waals surface area contributed by atoms with E-state index in [-0.39, 0.29) is 32.0 Å². The van der Waals surface area contributed by atoms with Crippen LogP contribution in [0.25, 0.3) is 5.52 Å². The number of rotatable bonds is 25. The standard InChI is InChI=1S/C31H55N4O6P.CHN/c1-2-3-4-5-6-7-8-9-10-11-12-13-14-15-16-17-22-38-23-24-39-42(36,37)40-25-27-18-21-30(41-27)28-19-20-29-31(32)33-26-34-35(28)29;1-2/h19-20,26-27,30H,2-18,21-25H2,1H3,(H,36,37)(H2,32,33,34);1H. The van der Waals surface area contributed by atoms with Crippen LogP contribution in [0.2, 0.25) is 0 Å². The van der Waals surface area contributed by atoms with E-state index in [1.54, 1.807) is 4.52 Å². The van der Waals surface area contributed by atoms with Crippen molar-refractivity contribution in [2.75, 3.05) is 32.2 Å². The minimum absolute atomic E-state index is 0.0120. The maximum atomic E-state index is 12.3. The monoisotopic (exact) mass is 637 g/mol. The molecular formula is C32H56N5O6P. The van der Waals surface area contributed by atoms with E-state index in [0.29, 0.717) is 18.8 Å². The third kappa shape index (κ3) is 15.3. The molecule has 2 aromatic rings. The molecule has 250 valence electrons. The molecule has 0 amide bonds. The topological polar surface area (TPSA) is 154 Å². The number of fused-ring (bicyclic) bond motifs is 1. The third-order valence-corrected chi connectivity index (χ3v) is 8.98. The van der Waals surface area contributed by atoms with Crippen LogP contribution in [0.5, 0.6) is 0 Å². The Morgan fingerprint density at radius 3 is 2.11 bits per heavy atom. The molecule has 0 saturated carbocycles. The van der Waals surface area contributed by atoms with Gasteiger partial charge in [-0.05, 0) is 31.4 Å². The lowest BCUT2D eigenvalue weighted by Crippen LogP contribution is -2.15. The molecular weight excluding hydrogens is 581 g/mol. The number of unbranched alkanes of at least 4 members (excludes halogenated alkanes) is 15. The summed E-state index contributed by atoms with van der Waals surface area (Å²) in [4.78, 5) is 14.0. The Balaban J connectivity index is 0.00000330. The molecule has 44 heavy (non-hydrogen) atoms. The first kappa shape index (κ1) is 38.1. The maximum Gasteiger partial charge on any atom is 0.472 e. The van der Waals surface area contributed by atoms with E-state index >= 15 is 0 Å². The number of nitrogen functional groups attached to an aromatic ring is 1. The molecule has 3 N–H and O–H groups in total. The van der Waals surface area contributed by atoms with Crippen LogP contribution < -0.4 is 5.73 Å². The average molecular weight is 638 g/mol. The number of phosphoric acid groups is 1. The van der Waals surface area contributed by atoms with Crippen LogP contribution in [0.4, 0.5) is 5.82 Å². The van der Waals surface area contributed by atoms with Gasteiger partial charge in [0, 0.05) is 13.2 Å². The predicted molar refractivity (Wildman–Crippen MR) is 173 cm³/mol. The zero-order valence-corrected chi connectivity index (χ0v) is 27.7. The summed E-state index contributed by atoms with van der Waals surface area (Å²) in [7, 11) is -4.17. The number of anilines is 1. The summed E-state index contributed by atoms with van der Waals surface area (Å²) >= 11 is 0. The summed E-state index contributed by atoms with van der Waals surface area (Å²) in [5.74, 6) is 0.404. The van der Waals surface area contributed by atoms with Crippen LogP contribution in [0.3, 0.4) is 0 Å². The molecule has 1 aliphatic heterocycles. The quantitative estimate of drug-likeness (QED) is 0.0806. The zero-order chi connectivity index (χ0) is 31.9. The Labute approximate surface area is 264 Å². The summed E-state index contributed by atoms with van der Waals surface area (Å²) in [6.07, 6.45) is 23.7. The molecule has 1 fully saturated rings. The SMILES string of the molecule is C#N.CCCCCCCCCCCCCCCCCCOCCOP(=O)(O)OCC1CCC(c2ccc3c(N)ncnn23)O1. The number of nitriles is 1. The summed E-state index contributed by atoms with van der Waals surface area (Å²) in [5, 5.41) is 10.8. The van der Waals surface area contributed by atoms with E-state index in [2.05, 4.69) is 23.6 Å². The highest BCUT2D eigenvalue weighted by Crippen LogP contribution is 2.44. The van der Waals surface area contributed by atoms with E-state index in [9.17, 15) is 9.46 Å².